The first-order valence-electron chi connectivity index (χ1n) is 7.30. The molecule has 3 nitrogen and oxygen atoms in total. The van der Waals surface area contributed by atoms with Gasteiger partial charge in [-0.15, -0.1) is 0 Å². The molecule has 1 atom stereocenters. The summed E-state index contributed by atoms with van der Waals surface area (Å²) in [6.07, 6.45) is 3.50. The molecule has 0 aromatic heterocycles. The Balaban J connectivity index is 1.88. The van der Waals surface area contributed by atoms with Crippen LogP contribution in [0.5, 0.6) is 5.75 Å². The van der Waals surface area contributed by atoms with Gasteiger partial charge in [0, 0.05) is 12.1 Å². The Labute approximate surface area is 116 Å². The molecule has 0 aliphatic carbocycles. The molecule has 1 aromatic rings. The van der Waals surface area contributed by atoms with Crippen LogP contribution in [0.2, 0.25) is 0 Å². The molecule has 1 N–H and O–H groups in total. The van der Waals surface area contributed by atoms with Crippen LogP contribution in [-0.2, 0) is 0 Å². The molecule has 1 saturated heterocycles. The molecule has 0 radical (unpaired) electrons. The Morgan fingerprint density at radius 3 is 2.68 bits per heavy atom. The van der Waals surface area contributed by atoms with Crippen molar-refractivity contribution in [3.05, 3.63) is 29.3 Å². The standard InChI is InChI=1S/C16H25NO2/c1-13-6-7-16(15(12-13)14(2)18)19-11-10-17-8-4-3-5-9-17/h6-7,12,14,18H,3-5,8-11H2,1-2H3. The number of benzene rings is 1. The van der Waals surface area contributed by atoms with Crippen LogP contribution in [0.25, 0.3) is 0 Å². The van der Waals surface area contributed by atoms with Crippen LogP contribution in [0.1, 0.15) is 43.4 Å². The van der Waals surface area contributed by atoms with Gasteiger partial charge >= 0.3 is 0 Å². The number of hydrogen-bond donors (Lipinski definition) is 1. The maximum absolute atomic E-state index is 9.79. The summed E-state index contributed by atoms with van der Waals surface area (Å²) in [7, 11) is 0. The molecule has 2 rings (SSSR count). The van der Waals surface area contributed by atoms with E-state index in [4.69, 9.17) is 4.74 Å². The summed E-state index contributed by atoms with van der Waals surface area (Å²) in [5.74, 6) is 0.817. The minimum Gasteiger partial charge on any atom is -0.492 e. The van der Waals surface area contributed by atoms with E-state index in [1.54, 1.807) is 6.92 Å². The zero-order valence-corrected chi connectivity index (χ0v) is 12.1. The zero-order valence-electron chi connectivity index (χ0n) is 12.1. The SMILES string of the molecule is Cc1ccc(OCCN2CCCCC2)c(C(C)O)c1. The molecule has 19 heavy (non-hydrogen) atoms. The number of hydrogen-bond acceptors (Lipinski definition) is 3. The van der Waals surface area contributed by atoms with Gasteiger partial charge in [-0.1, -0.05) is 18.1 Å². The van der Waals surface area contributed by atoms with Crippen molar-refractivity contribution in [3.8, 4) is 5.75 Å². The second kappa shape index (κ2) is 6.92. The summed E-state index contributed by atoms with van der Waals surface area (Å²) in [5, 5.41) is 9.79. The van der Waals surface area contributed by atoms with Crippen molar-refractivity contribution in [1.29, 1.82) is 0 Å². The lowest BCUT2D eigenvalue weighted by Gasteiger charge is -2.26. The van der Waals surface area contributed by atoms with Crippen LogP contribution in [-0.4, -0.2) is 36.2 Å². The molecule has 3 heteroatoms. The smallest absolute Gasteiger partial charge is 0.125 e. The van der Waals surface area contributed by atoms with Crippen LogP contribution in [0.3, 0.4) is 0 Å². The highest BCUT2D eigenvalue weighted by Gasteiger charge is 2.12. The van der Waals surface area contributed by atoms with Gasteiger partial charge in [0.15, 0.2) is 0 Å². The van der Waals surface area contributed by atoms with E-state index in [0.29, 0.717) is 6.61 Å². The molecule has 1 heterocycles. The quantitative estimate of drug-likeness (QED) is 0.886. The average molecular weight is 263 g/mol. The number of likely N-dealkylation sites (tertiary alicyclic amines) is 1. The van der Waals surface area contributed by atoms with Crippen molar-refractivity contribution in [2.45, 2.75) is 39.2 Å². The lowest BCUT2D eigenvalue weighted by molar-refractivity contribution is 0.171. The highest BCUT2D eigenvalue weighted by atomic mass is 16.5. The minimum absolute atomic E-state index is 0.482. The topological polar surface area (TPSA) is 32.7 Å². The van der Waals surface area contributed by atoms with Gasteiger partial charge in [-0.2, -0.15) is 0 Å². The molecule has 1 aliphatic rings. The predicted molar refractivity (Wildman–Crippen MR) is 77.6 cm³/mol. The van der Waals surface area contributed by atoms with E-state index in [9.17, 15) is 5.11 Å². The fraction of sp³-hybridized carbons (Fsp3) is 0.625. The second-order valence-corrected chi connectivity index (χ2v) is 5.47. The van der Waals surface area contributed by atoms with Gasteiger partial charge in [-0.3, -0.25) is 4.90 Å². The third kappa shape index (κ3) is 4.22. The monoisotopic (exact) mass is 263 g/mol. The number of ether oxygens (including phenoxy) is 1. The van der Waals surface area contributed by atoms with Crippen molar-refractivity contribution in [1.82, 2.24) is 4.90 Å². The van der Waals surface area contributed by atoms with Crippen LogP contribution in [0, 0.1) is 6.92 Å². The fourth-order valence-corrected chi connectivity index (χ4v) is 2.59. The summed E-state index contributed by atoms with van der Waals surface area (Å²) < 4.78 is 5.85. The average Bonchev–Trinajstić information content (AvgIpc) is 2.41. The van der Waals surface area contributed by atoms with E-state index >= 15 is 0 Å². The third-order valence-corrected chi connectivity index (χ3v) is 3.73. The number of aryl methyl sites for hydroxylation is 1. The van der Waals surface area contributed by atoms with Crippen molar-refractivity contribution in [3.63, 3.8) is 0 Å². The Morgan fingerprint density at radius 1 is 1.26 bits per heavy atom. The van der Waals surface area contributed by atoms with Gasteiger partial charge in [-0.05, 0) is 51.9 Å². The molecule has 0 bridgehead atoms. The Bertz CT molecular complexity index is 398. The maximum Gasteiger partial charge on any atom is 0.125 e. The number of nitrogens with zero attached hydrogens (tertiary/aromatic N) is 1. The Hall–Kier alpha value is -1.06. The van der Waals surface area contributed by atoms with Crippen molar-refractivity contribution in [2.75, 3.05) is 26.2 Å². The van der Waals surface area contributed by atoms with E-state index < -0.39 is 6.10 Å². The van der Waals surface area contributed by atoms with Gasteiger partial charge in [0.25, 0.3) is 0 Å². The molecule has 106 valence electrons. The first-order valence-corrected chi connectivity index (χ1v) is 7.30. The molecule has 1 fully saturated rings. The highest BCUT2D eigenvalue weighted by molar-refractivity contribution is 5.38. The molecule has 1 unspecified atom stereocenters. The van der Waals surface area contributed by atoms with Crippen molar-refractivity contribution in [2.24, 2.45) is 0 Å². The van der Waals surface area contributed by atoms with Crippen LogP contribution < -0.4 is 4.74 Å². The van der Waals surface area contributed by atoms with Gasteiger partial charge in [0.1, 0.15) is 12.4 Å². The van der Waals surface area contributed by atoms with Crippen LogP contribution >= 0.6 is 0 Å². The Kier molecular flexibility index (Phi) is 5.23. The summed E-state index contributed by atoms with van der Waals surface area (Å²) in [5.41, 5.74) is 2.04. The third-order valence-electron chi connectivity index (χ3n) is 3.73. The summed E-state index contributed by atoms with van der Waals surface area (Å²) in [4.78, 5) is 2.46. The minimum atomic E-state index is -0.482. The normalized spacial score (nSPS) is 18.3. The largest absolute Gasteiger partial charge is 0.492 e. The molecular formula is C16H25NO2. The molecule has 0 spiro atoms. The van der Waals surface area contributed by atoms with Crippen LogP contribution in [0.4, 0.5) is 0 Å². The first-order chi connectivity index (χ1) is 9.16. The number of aliphatic hydroxyl groups excluding tert-OH is 1. The zero-order chi connectivity index (χ0) is 13.7. The number of piperidine rings is 1. The highest BCUT2D eigenvalue weighted by Crippen LogP contribution is 2.26. The number of aliphatic hydroxyl groups is 1. The molecular weight excluding hydrogens is 238 g/mol. The van der Waals surface area contributed by atoms with E-state index in [0.717, 1.165) is 23.4 Å². The first kappa shape index (κ1) is 14.4. The summed E-state index contributed by atoms with van der Waals surface area (Å²) >= 11 is 0. The van der Waals surface area contributed by atoms with E-state index in [1.807, 2.05) is 25.1 Å². The van der Waals surface area contributed by atoms with Crippen molar-refractivity contribution < 1.29 is 9.84 Å². The van der Waals surface area contributed by atoms with Crippen molar-refractivity contribution >= 4 is 0 Å². The van der Waals surface area contributed by atoms with E-state index in [-0.39, 0.29) is 0 Å². The summed E-state index contributed by atoms with van der Waals surface area (Å²) in [6.45, 7) is 7.88. The van der Waals surface area contributed by atoms with Crippen LogP contribution in [0.15, 0.2) is 18.2 Å². The molecule has 0 amide bonds. The predicted octanol–water partition coefficient (Wildman–Crippen LogP) is 2.91. The fourth-order valence-electron chi connectivity index (χ4n) is 2.59. The Morgan fingerprint density at radius 2 is 2.00 bits per heavy atom. The second-order valence-electron chi connectivity index (χ2n) is 5.47. The maximum atomic E-state index is 9.79. The molecule has 1 aliphatic heterocycles. The van der Waals surface area contributed by atoms with Gasteiger partial charge < -0.3 is 9.84 Å². The lowest BCUT2D eigenvalue weighted by atomic mass is 10.1. The van der Waals surface area contributed by atoms with Gasteiger partial charge in [-0.25, -0.2) is 0 Å². The van der Waals surface area contributed by atoms with Gasteiger partial charge in [0.2, 0.25) is 0 Å². The van der Waals surface area contributed by atoms with E-state index in [2.05, 4.69) is 4.90 Å². The van der Waals surface area contributed by atoms with Gasteiger partial charge in [0.05, 0.1) is 6.10 Å². The van der Waals surface area contributed by atoms with E-state index in [1.165, 1.54) is 32.4 Å². The summed E-state index contributed by atoms with van der Waals surface area (Å²) in [6, 6.07) is 6.00. The molecule has 1 aromatic carbocycles. The molecule has 0 saturated carbocycles. The number of rotatable bonds is 5. The lowest BCUT2D eigenvalue weighted by Crippen LogP contribution is -2.33.